The number of carbonyl (C=O) groups excluding carboxylic acids is 2. The molecule has 0 bridgehead atoms. The first-order valence-electron chi connectivity index (χ1n) is 11.8. The second-order valence-electron chi connectivity index (χ2n) is 8.87. The minimum atomic E-state index is -4.25. The Morgan fingerprint density at radius 3 is 2.13 bits per heavy atom. The first-order valence-corrected chi connectivity index (χ1v) is 14.3. The number of nitrogens with one attached hydrogen (secondary N) is 1. The molecule has 0 aliphatic heterocycles. The van der Waals surface area contributed by atoms with Crippen molar-refractivity contribution >= 4 is 62.3 Å². The van der Waals surface area contributed by atoms with Crippen LogP contribution in [0.2, 0.25) is 15.1 Å². The number of rotatable bonds is 10. The average molecular weight is 597 g/mol. The van der Waals surface area contributed by atoms with E-state index in [2.05, 4.69) is 5.32 Å². The van der Waals surface area contributed by atoms with Gasteiger partial charge in [0.25, 0.3) is 10.0 Å². The lowest BCUT2D eigenvalue weighted by Crippen LogP contribution is -2.52. The van der Waals surface area contributed by atoms with Gasteiger partial charge in [0.1, 0.15) is 12.6 Å². The van der Waals surface area contributed by atoms with Crippen LogP contribution in [0.3, 0.4) is 0 Å². The zero-order chi connectivity index (χ0) is 28.0. The third-order valence-corrected chi connectivity index (χ3v) is 8.38. The van der Waals surface area contributed by atoms with Crippen LogP contribution in [0, 0.1) is 0 Å². The number of sulfonamides is 1. The number of nitrogens with zero attached hydrogens (tertiary/aromatic N) is 2. The van der Waals surface area contributed by atoms with Crippen molar-refractivity contribution in [3.05, 3.63) is 93.4 Å². The van der Waals surface area contributed by atoms with Gasteiger partial charge in [-0.15, -0.1) is 0 Å². The van der Waals surface area contributed by atoms with Crippen molar-refractivity contribution in [3.8, 4) is 0 Å². The van der Waals surface area contributed by atoms with E-state index >= 15 is 0 Å². The summed E-state index contributed by atoms with van der Waals surface area (Å²) in [6.45, 7) is 4.53. The zero-order valence-corrected chi connectivity index (χ0v) is 24.2. The Kier molecular flexibility index (Phi) is 10.1. The SMILES string of the molecule is CC(C)NC(=O)[C@H](C)N(Cc1ccccc1Cl)C(=O)CN(c1cc(Cl)ccc1Cl)S(=O)(=O)c1ccccc1. The van der Waals surface area contributed by atoms with E-state index in [0.29, 0.717) is 10.6 Å². The summed E-state index contributed by atoms with van der Waals surface area (Å²) in [5.41, 5.74) is 0.637. The van der Waals surface area contributed by atoms with Crippen LogP contribution in [-0.4, -0.2) is 43.8 Å². The Morgan fingerprint density at radius 1 is 0.868 bits per heavy atom. The van der Waals surface area contributed by atoms with E-state index in [9.17, 15) is 18.0 Å². The lowest BCUT2D eigenvalue weighted by molar-refractivity contribution is -0.139. The van der Waals surface area contributed by atoms with Gasteiger partial charge in [0.05, 0.1) is 15.6 Å². The highest BCUT2D eigenvalue weighted by atomic mass is 35.5. The molecule has 1 atom stereocenters. The summed E-state index contributed by atoms with van der Waals surface area (Å²) in [7, 11) is -4.25. The quantitative estimate of drug-likeness (QED) is 0.321. The molecule has 3 aromatic carbocycles. The zero-order valence-electron chi connectivity index (χ0n) is 21.1. The normalized spacial score (nSPS) is 12.2. The van der Waals surface area contributed by atoms with Crippen molar-refractivity contribution in [2.45, 2.75) is 44.3 Å². The molecule has 3 rings (SSSR count). The van der Waals surface area contributed by atoms with E-state index in [1.54, 1.807) is 63.2 Å². The van der Waals surface area contributed by atoms with Crippen molar-refractivity contribution in [2.24, 2.45) is 0 Å². The van der Waals surface area contributed by atoms with Crippen LogP contribution in [0.15, 0.2) is 77.7 Å². The van der Waals surface area contributed by atoms with Crippen LogP contribution in [0.1, 0.15) is 26.3 Å². The summed E-state index contributed by atoms with van der Waals surface area (Å²) in [4.78, 5) is 28.1. The van der Waals surface area contributed by atoms with E-state index in [-0.39, 0.29) is 33.2 Å². The van der Waals surface area contributed by atoms with Gasteiger partial charge < -0.3 is 10.2 Å². The van der Waals surface area contributed by atoms with Gasteiger partial charge in [-0.1, -0.05) is 71.2 Å². The highest BCUT2D eigenvalue weighted by Crippen LogP contribution is 2.33. The van der Waals surface area contributed by atoms with Crippen molar-refractivity contribution in [3.63, 3.8) is 0 Å². The molecular formula is C27H28Cl3N3O4S. The van der Waals surface area contributed by atoms with Crippen molar-refractivity contribution < 1.29 is 18.0 Å². The summed E-state index contributed by atoms with van der Waals surface area (Å²) in [5, 5.41) is 3.54. The Morgan fingerprint density at radius 2 is 1.50 bits per heavy atom. The molecular weight excluding hydrogens is 569 g/mol. The van der Waals surface area contributed by atoms with Crippen molar-refractivity contribution in [2.75, 3.05) is 10.8 Å². The van der Waals surface area contributed by atoms with Gasteiger partial charge in [-0.05, 0) is 62.7 Å². The first kappa shape index (κ1) is 29.8. The molecule has 0 fully saturated rings. The van der Waals surface area contributed by atoms with Crippen LogP contribution in [0.25, 0.3) is 0 Å². The van der Waals surface area contributed by atoms with Crippen molar-refractivity contribution in [1.82, 2.24) is 10.2 Å². The molecule has 38 heavy (non-hydrogen) atoms. The van der Waals surface area contributed by atoms with Crippen LogP contribution in [0.5, 0.6) is 0 Å². The molecule has 11 heteroatoms. The fraction of sp³-hybridized carbons (Fsp3) is 0.259. The molecule has 202 valence electrons. The number of anilines is 1. The number of benzene rings is 3. The molecule has 3 aromatic rings. The summed E-state index contributed by atoms with van der Waals surface area (Å²) < 4.78 is 28.4. The van der Waals surface area contributed by atoms with Gasteiger partial charge in [-0.2, -0.15) is 0 Å². The van der Waals surface area contributed by atoms with Crippen LogP contribution >= 0.6 is 34.8 Å². The van der Waals surface area contributed by atoms with Gasteiger partial charge in [-0.25, -0.2) is 8.42 Å². The highest BCUT2D eigenvalue weighted by Gasteiger charge is 2.33. The van der Waals surface area contributed by atoms with Crippen LogP contribution in [0.4, 0.5) is 5.69 Å². The maximum absolute atomic E-state index is 13.9. The maximum Gasteiger partial charge on any atom is 0.264 e. The molecule has 0 spiro atoms. The number of hydrogen-bond donors (Lipinski definition) is 1. The Labute approximate surface area is 238 Å². The number of hydrogen-bond acceptors (Lipinski definition) is 4. The lowest BCUT2D eigenvalue weighted by Gasteiger charge is -2.32. The summed E-state index contributed by atoms with van der Waals surface area (Å²) >= 11 is 18.9. The molecule has 0 saturated carbocycles. The largest absolute Gasteiger partial charge is 0.352 e. The van der Waals surface area contributed by atoms with Crippen LogP contribution < -0.4 is 9.62 Å². The van der Waals surface area contributed by atoms with Crippen LogP contribution in [-0.2, 0) is 26.2 Å². The maximum atomic E-state index is 13.9. The summed E-state index contributed by atoms with van der Waals surface area (Å²) in [6.07, 6.45) is 0. The van der Waals surface area contributed by atoms with E-state index in [4.69, 9.17) is 34.8 Å². The predicted octanol–water partition coefficient (Wildman–Crippen LogP) is 5.78. The Balaban J connectivity index is 2.08. The lowest BCUT2D eigenvalue weighted by atomic mass is 10.1. The number of carbonyl (C=O) groups is 2. The smallest absolute Gasteiger partial charge is 0.264 e. The molecule has 1 N–H and O–H groups in total. The molecule has 0 unspecified atom stereocenters. The van der Waals surface area contributed by atoms with E-state index in [1.165, 1.54) is 35.2 Å². The van der Waals surface area contributed by atoms with E-state index < -0.39 is 34.4 Å². The molecule has 0 saturated heterocycles. The third-order valence-electron chi connectivity index (χ3n) is 5.68. The molecule has 0 aliphatic carbocycles. The van der Waals surface area contributed by atoms with Gasteiger partial charge in [0.2, 0.25) is 11.8 Å². The highest BCUT2D eigenvalue weighted by molar-refractivity contribution is 7.92. The van der Waals surface area contributed by atoms with E-state index in [0.717, 1.165) is 4.31 Å². The van der Waals surface area contributed by atoms with E-state index in [1.807, 2.05) is 0 Å². The monoisotopic (exact) mass is 595 g/mol. The molecule has 7 nitrogen and oxygen atoms in total. The van der Waals surface area contributed by atoms with Gasteiger partial charge in [0.15, 0.2) is 0 Å². The summed E-state index contributed by atoms with van der Waals surface area (Å²) in [5.74, 6) is -1.02. The Hall–Kier alpha value is -2.78. The van der Waals surface area contributed by atoms with Gasteiger partial charge in [-0.3, -0.25) is 13.9 Å². The molecule has 2 amide bonds. The molecule has 0 aromatic heterocycles. The average Bonchev–Trinajstić information content (AvgIpc) is 2.88. The second-order valence-corrected chi connectivity index (χ2v) is 12.0. The topological polar surface area (TPSA) is 86.8 Å². The molecule has 0 aliphatic rings. The predicted molar refractivity (Wildman–Crippen MR) is 152 cm³/mol. The number of halogens is 3. The minimum Gasteiger partial charge on any atom is -0.352 e. The number of amides is 2. The standard InChI is InChI=1S/C27H28Cl3N3O4S/c1-18(2)31-27(35)19(3)32(16-20-9-7-8-12-23(20)29)26(34)17-33(25-15-21(28)13-14-24(25)30)38(36,37)22-10-5-4-6-11-22/h4-15,18-19H,16-17H2,1-3H3,(H,31,35)/t19-/m0/s1. The summed E-state index contributed by atoms with van der Waals surface area (Å²) in [6, 6.07) is 17.9. The second kappa shape index (κ2) is 12.8. The van der Waals surface area contributed by atoms with Crippen molar-refractivity contribution in [1.29, 1.82) is 0 Å². The Bertz CT molecular complexity index is 1400. The van der Waals surface area contributed by atoms with Gasteiger partial charge >= 0.3 is 0 Å². The minimum absolute atomic E-state index is 0.0201. The first-order chi connectivity index (χ1) is 17.9. The third kappa shape index (κ3) is 7.20. The molecule has 0 heterocycles. The fourth-order valence-electron chi connectivity index (χ4n) is 3.71. The molecule has 0 radical (unpaired) electrons. The fourth-order valence-corrected chi connectivity index (χ4v) is 5.79. The van der Waals surface area contributed by atoms with Gasteiger partial charge in [0, 0.05) is 22.6 Å².